The summed E-state index contributed by atoms with van der Waals surface area (Å²) in [4.78, 5) is 0. The molecule has 0 fully saturated rings. The molecule has 0 saturated heterocycles. The average Bonchev–Trinajstić information content (AvgIpc) is 2.43. The Bertz CT molecular complexity index is 599. The van der Waals surface area contributed by atoms with E-state index in [1.54, 1.807) is 13.2 Å². The number of ether oxygens (including phenoxy) is 1. The molecule has 0 unspecified atom stereocenters. The van der Waals surface area contributed by atoms with Crippen molar-refractivity contribution in [2.45, 2.75) is 13.0 Å². The topological polar surface area (TPSA) is 21.3 Å². The Morgan fingerprint density at radius 2 is 1.86 bits per heavy atom. The Kier molecular flexibility index (Phi) is 5.53. The number of halogens is 3. The second-order valence-electron chi connectivity index (χ2n) is 4.63. The molecule has 0 aromatic heterocycles. The Labute approximate surface area is 127 Å². The molecule has 112 valence electrons. The van der Waals surface area contributed by atoms with Crippen LogP contribution >= 0.6 is 11.6 Å². The minimum Gasteiger partial charge on any atom is -0.496 e. The molecule has 5 heteroatoms. The lowest BCUT2D eigenvalue weighted by atomic mass is 10.1. The largest absolute Gasteiger partial charge is 0.496 e. The monoisotopic (exact) mass is 311 g/mol. The number of rotatable bonds is 6. The highest BCUT2D eigenvalue weighted by atomic mass is 35.5. The van der Waals surface area contributed by atoms with Gasteiger partial charge in [0.05, 0.1) is 7.11 Å². The van der Waals surface area contributed by atoms with Crippen LogP contribution in [-0.4, -0.2) is 13.7 Å². The molecule has 1 N–H and O–H groups in total. The van der Waals surface area contributed by atoms with Gasteiger partial charge in [-0.3, -0.25) is 0 Å². The molecule has 0 heterocycles. The smallest absolute Gasteiger partial charge is 0.126 e. The Morgan fingerprint density at radius 3 is 2.52 bits per heavy atom. The molecule has 0 aliphatic carbocycles. The van der Waals surface area contributed by atoms with Crippen LogP contribution in [0, 0.1) is 11.6 Å². The van der Waals surface area contributed by atoms with Crippen molar-refractivity contribution in [2.24, 2.45) is 0 Å². The van der Waals surface area contributed by atoms with Crippen LogP contribution in [-0.2, 0) is 13.0 Å². The first-order valence-electron chi connectivity index (χ1n) is 6.57. The van der Waals surface area contributed by atoms with E-state index >= 15 is 0 Å². The molecule has 0 radical (unpaired) electrons. The minimum absolute atomic E-state index is 0.528. The van der Waals surface area contributed by atoms with Crippen LogP contribution in [0.1, 0.15) is 11.1 Å². The highest BCUT2D eigenvalue weighted by molar-refractivity contribution is 6.31. The minimum atomic E-state index is -0.558. The van der Waals surface area contributed by atoms with Crippen molar-refractivity contribution in [2.75, 3.05) is 13.7 Å². The molecule has 0 bridgehead atoms. The normalized spacial score (nSPS) is 10.7. The molecule has 0 saturated carbocycles. The first-order valence-corrected chi connectivity index (χ1v) is 6.95. The van der Waals surface area contributed by atoms with Gasteiger partial charge in [0.25, 0.3) is 0 Å². The molecule has 2 aromatic rings. The molecule has 21 heavy (non-hydrogen) atoms. The lowest BCUT2D eigenvalue weighted by Gasteiger charge is -2.11. The zero-order valence-electron chi connectivity index (χ0n) is 11.6. The molecule has 0 aliphatic rings. The first-order chi connectivity index (χ1) is 10.1. The quantitative estimate of drug-likeness (QED) is 0.815. The Morgan fingerprint density at radius 1 is 1.14 bits per heavy atom. The Balaban J connectivity index is 1.90. The molecule has 0 aliphatic heterocycles. The fourth-order valence-electron chi connectivity index (χ4n) is 2.10. The number of hydrogen-bond donors (Lipinski definition) is 1. The maximum absolute atomic E-state index is 13.1. The van der Waals surface area contributed by atoms with Gasteiger partial charge in [0, 0.05) is 23.2 Å². The number of hydrogen-bond acceptors (Lipinski definition) is 2. The van der Waals surface area contributed by atoms with Gasteiger partial charge in [-0.1, -0.05) is 17.7 Å². The molecule has 0 spiro atoms. The number of methoxy groups -OCH3 is 1. The van der Waals surface area contributed by atoms with E-state index in [1.165, 1.54) is 12.1 Å². The van der Waals surface area contributed by atoms with Crippen LogP contribution in [0.15, 0.2) is 36.4 Å². The summed E-state index contributed by atoms with van der Waals surface area (Å²) < 4.78 is 31.4. The van der Waals surface area contributed by atoms with Crippen molar-refractivity contribution in [3.8, 4) is 5.75 Å². The molecule has 2 rings (SSSR count). The van der Waals surface area contributed by atoms with E-state index in [0.717, 1.165) is 11.6 Å². The summed E-state index contributed by atoms with van der Waals surface area (Å²) in [5.74, 6) is -0.401. The summed E-state index contributed by atoms with van der Waals surface area (Å²) in [5.41, 5.74) is 1.48. The fourth-order valence-corrected chi connectivity index (χ4v) is 2.34. The zero-order chi connectivity index (χ0) is 15.2. The average molecular weight is 312 g/mol. The van der Waals surface area contributed by atoms with E-state index in [1.807, 2.05) is 12.1 Å². The predicted octanol–water partition coefficient (Wildman–Crippen LogP) is 3.96. The van der Waals surface area contributed by atoms with Crippen molar-refractivity contribution in [1.82, 2.24) is 5.32 Å². The van der Waals surface area contributed by atoms with Gasteiger partial charge in [-0.05, 0) is 42.8 Å². The number of benzene rings is 2. The summed E-state index contributed by atoms with van der Waals surface area (Å²) >= 11 is 6.13. The van der Waals surface area contributed by atoms with Gasteiger partial charge >= 0.3 is 0 Å². The lowest BCUT2D eigenvalue weighted by molar-refractivity contribution is 0.408. The van der Waals surface area contributed by atoms with E-state index in [-0.39, 0.29) is 0 Å². The van der Waals surface area contributed by atoms with Gasteiger partial charge in [0.2, 0.25) is 0 Å². The van der Waals surface area contributed by atoms with Gasteiger partial charge in [-0.15, -0.1) is 0 Å². The van der Waals surface area contributed by atoms with E-state index in [0.29, 0.717) is 35.8 Å². The molecule has 0 atom stereocenters. The zero-order valence-corrected chi connectivity index (χ0v) is 12.4. The van der Waals surface area contributed by atoms with Gasteiger partial charge in [0.15, 0.2) is 0 Å². The summed E-state index contributed by atoms with van der Waals surface area (Å²) in [5, 5.41) is 3.82. The molecule has 0 amide bonds. The van der Waals surface area contributed by atoms with Crippen molar-refractivity contribution in [3.05, 3.63) is 64.2 Å². The maximum Gasteiger partial charge on any atom is 0.126 e. The van der Waals surface area contributed by atoms with E-state index < -0.39 is 11.6 Å². The van der Waals surface area contributed by atoms with Crippen LogP contribution in [0.5, 0.6) is 5.75 Å². The lowest BCUT2D eigenvalue weighted by Crippen LogP contribution is -2.17. The second-order valence-corrected chi connectivity index (χ2v) is 5.03. The third-order valence-corrected chi connectivity index (χ3v) is 3.46. The highest BCUT2D eigenvalue weighted by Gasteiger charge is 2.07. The van der Waals surface area contributed by atoms with Gasteiger partial charge in [-0.25, -0.2) is 8.78 Å². The van der Waals surface area contributed by atoms with Crippen molar-refractivity contribution in [3.63, 3.8) is 0 Å². The summed E-state index contributed by atoms with van der Waals surface area (Å²) in [7, 11) is 1.59. The second kappa shape index (κ2) is 7.38. The van der Waals surface area contributed by atoms with Gasteiger partial charge in [0.1, 0.15) is 17.4 Å². The standard InChI is InChI=1S/C16H16ClF2NO/c1-21-16-4-2-3-15(17)14(16)10-20-6-5-11-7-12(18)9-13(19)8-11/h2-4,7-9,20H,5-6,10H2,1H3. The first kappa shape index (κ1) is 15.7. The van der Waals surface area contributed by atoms with Gasteiger partial charge in [-0.2, -0.15) is 0 Å². The van der Waals surface area contributed by atoms with E-state index in [4.69, 9.17) is 16.3 Å². The molecule has 2 nitrogen and oxygen atoms in total. The third kappa shape index (κ3) is 4.41. The van der Waals surface area contributed by atoms with Gasteiger partial charge < -0.3 is 10.1 Å². The molecular weight excluding hydrogens is 296 g/mol. The fraction of sp³-hybridized carbons (Fsp3) is 0.250. The summed E-state index contributed by atoms with van der Waals surface area (Å²) in [6, 6.07) is 8.99. The Hall–Kier alpha value is -1.65. The maximum atomic E-state index is 13.1. The van der Waals surface area contributed by atoms with Crippen LogP contribution in [0.4, 0.5) is 8.78 Å². The molecular formula is C16H16ClF2NO. The highest BCUT2D eigenvalue weighted by Crippen LogP contribution is 2.25. The van der Waals surface area contributed by atoms with Crippen LogP contribution in [0.2, 0.25) is 5.02 Å². The van der Waals surface area contributed by atoms with Crippen molar-refractivity contribution >= 4 is 11.6 Å². The molecule has 2 aromatic carbocycles. The predicted molar refractivity (Wildman–Crippen MR) is 79.8 cm³/mol. The van der Waals surface area contributed by atoms with Crippen LogP contribution in [0.3, 0.4) is 0 Å². The van der Waals surface area contributed by atoms with E-state index in [9.17, 15) is 8.78 Å². The SMILES string of the molecule is COc1cccc(Cl)c1CNCCc1cc(F)cc(F)c1. The van der Waals surface area contributed by atoms with Crippen LogP contribution in [0.25, 0.3) is 0 Å². The van der Waals surface area contributed by atoms with Crippen molar-refractivity contribution < 1.29 is 13.5 Å². The van der Waals surface area contributed by atoms with E-state index in [2.05, 4.69) is 5.32 Å². The number of nitrogens with one attached hydrogen (secondary N) is 1. The third-order valence-electron chi connectivity index (χ3n) is 3.11. The van der Waals surface area contributed by atoms with Crippen LogP contribution < -0.4 is 10.1 Å². The van der Waals surface area contributed by atoms with Crippen molar-refractivity contribution in [1.29, 1.82) is 0 Å². The summed E-state index contributed by atoms with van der Waals surface area (Å²) in [6.07, 6.45) is 0.529. The summed E-state index contributed by atoms with van der Waals surface area (Å²) in [6.45, 7) is 1.11.